The lowest BCUT2D eigenvalue weighted by atomic mass is 10.1. The molecule has 0 spiro atoms. The van der Waals surface area contributed by atoms with E-state index in [4.69, 9.17) is 4.74 Å². The number of thioether (sulfide) groups is 1. The number of ether oxygens (including phenoxy) is 1. The Balaban J connectivity index is 4.40. The van der Waals surface area contributed by atoms with Crippen molar-refractivity contribution < 1.29 is 9.84 Å². The molecule has 0 aliphatic rings. The zero-order valence-electron chi connectivity index (χ0n) is 11.1. The first-order valence-corrected chi connectivity index (χ1v) is 6.46. The van der Waals surface area contributed by atoms with Gasteiger partial charge < -0.3 is 9.84 Å². The quantitative estimate of drug-likeness (QED) is 0.714. The first-order chi connectivity index (χ1) is 6.60. The van der Waals surface area contributed by atoms with Crippen molar-refractivity contribution in [1.29, 1.82) is 0 Å². The van der Waals surface area contributed by atoms with Gasteiger partial charge in [0.05, 0.1) is 10.9 Å². The molecule has 15 heavy (non-hydrogen) atoms. The Hall–Kier alpha value is 0.270. The minimum atomic E-state index is -0.715. The van der Waals surface area contributed by atoms with Crippen LogP contribution in [-0.2, 0) is 4.74 Å². The number of hydrogen-bond donors (Lipinski definition) is 1. The minimum absolute atomic E-state index is 0.0598. The van der Waals surface area contributed by atoms with E-state index in [1.165, 1.54) is 0 Å². The van der Waals surface area contributed by atoms with Crippen molar-refractivity contribution in [3.8, 4) is 0 Å². The van der Waals surface area contributed by atoms with Crippen molar-refractivity contribution in [1.82, 2.24) is 0 Å². The van der Waals surface area contributed by atoms with E-state index >= 15 is 0 Å². The summed E-state index contributed by atoms with van der Waals surface area (Å²) in [6.45, 7) is 14.5. The van der Waals surface area contributed by atoms with Crippen LogP contribution >= 0.6 is 11.8 Å². The van der Waals surface area contributed by atoms with Crippen LogP contribution in [-0.4, -0.2) is 27.0 Å². The summed E-state index contributed by atoms with van der Waals surface area (Å²) in [5.74, 6) is 0. The van der Waals surface area contributed by atoms with Crippen LogP contribution in [0.2, 0.25) is 0 Å². The Morgan fingerprint density at radius 3 is 2.00 bits per heavy atom. The predicted octanol–water partition coefficient (Wildman–Crippen LogP) is 3.43. The van der Waals surface area contributed by atoms with E-state index in [0.717, 1.165) is 6.42 Å². The van der Waals surface area contributed by atoms with Crippen molar-refractivity contribution in [2.45, 2.75) is 76.8 Å². The molecular weight excluding hydrogens is 208 g/mol. The van der Waals surface area contributed by atoms with Gasteiger partial charge in [-0.25, -0.2) is 0 Å². The molecule has 0 heterocycles. The van der Waals surface area contributed by atoms with Gasteiger partial charge in [-0.1, -0.05) is 20.8 Å². The van der Waals surface area contributed by atoms with Crippen molar-refractivity contribution >= 4 is 11.8 Å². The second kappa shape index (κ2) is 5.55. The summed E-state index contributed by atoms with van der Waals surface area (Å²) < 4.78 is 5.34. The number of rotatable bonds is 6. The first-order valence-electron chi connectivity index (χ1n) is 5.64. The highest BCUT2D eigenvalue weighted by molar-refractivity contribution is 8.01. The first kappa shape index (κ1) is 15.3. The van der Waals surface area contributed by atoms with Crippen LogP contribution in [0, 0.1) is 0 Å². The summed E-state index contributed by atoms with van der Waals surface area (Å²) in [5.41, 5.74) is 0. The second-order valence-corrected chi connectivity index (χ2v) is 7.72. The maximum Gasteiger partial charge on any atom is 0.169 e. The van der Waals surface area contributed by atoms with Crippen molar-refractivity contribution in [3.63, 3.8) is 0 Å². The number of aliphatic hydroxyl groups is 1. The lowest BCUT2D eigenvalue weighted by molar-refractivity contribution is -0.139. The summed E-state index contributed by atoms with van der Waals surface area (Å²) in [4.78, 5) is 0. The van der Waals surface area contributed by atoms with Crippen LogP contribution in [0.15, 0.2) is 0 Å². The third kappa shape index (κ3) is 5.79. The van der Waals surface area contributed by atoms with Crippen molar-refractivity contribution in [3.05, 3.63) is 0 Å². The van der Waals surface area contributed by atoms with E-state index in [1.54, 1.807) is 11.8 Å². The molecule has 0 bridgehead atoms. The van der Waals surface area contributed by atoms with Gasteiger partial charge in [0.1, 0.15) is 0 Å². The largest absolute Gasteiger partial charge is 0.367 e. The lowest BCUT2D eigenvalue weighted by Crippen LogP contribution is -2.40. The van der Waals surface area contributed by atoms with Gasteiger partial charge >= 0.3 is 0 Å². The molecule has 0 radical (unpaired) electrons. The molecule has 1 N–H and O–H groups in total. The molecule has 0 rings (SSSR count). The standard InChI is InChI=1S/C12H26O2S/c1-8-11(4,5)15-12(6,7)10(13)14-9(2)3/h9-10,13H,8H2,1-7H3. The van der Waals surface area contributed by atoms with Crippen LogP contribution in [0.5, 0.6) is 0 Å². The topological polar surface area (TPSA) is 29.5 Å². The molecule has 2 nitrogen and oxygen atoms in total. The SMILES string of the molecule is CCC(C)(C)SC(C)(C)C(O)OC(C)C. The third-order valence-corrected chi connectivity index (χ3v) is 3.96. The lowest BCUT2D eigenvalue weighted by Gasteiger charge is -2.37. The molecule has 0 aromatic rings. The molecule has 3 heteroatoms. The highest BCUT2D eigenvalue weighted by atomic mass is 32.2. The van der Waals surface area contributed by atoms with Gasteiger partial charge in [0, 0.05) is 4.75 Å². The maximum absolute atomic E-state index is 9.96. The van der Waals surface area contributed by atoms with Crippen LogP contribution in [0.4, 0.5) is 0 Å². The molecule has 0 aliphatic heterocycles. The van der Waals surface area contributed by atoms with Crippen LogP contribution in [0.3, 0.4) is 0 Å². The molecule has 0 aliphatic carbocycles. The summed E-state index contributed by atoms with van der Waals surface area (Å²) in [6.07, 6.45) is 0.424. The molecule has 0 aromatic heterocycles. The molecule has 92 valence electrons. The van der Waals surface area contributed by atoms with Gasteiger partial charge in [0.2, 0.25) is 0 Å². The fourth-order valence-electron chi connectivity index (χ4n) is 1.26. The fourth-order valence-corrected chi connectivity index (χ4v) is 2.98. The highest BCUT2D eigenvalue weighted by Crippen LogP contribution is 2.40. The van der Waals surface area contributed by atoms with E-state index in [9.17, 15) is 5.11 Å². The molecule has 1 unspecified atom stereocenters. The fraction of sp³-hybridized carbons (Fsp3) is 1.00. The normalized spacial score (nSPS) is 15.8. The van der Waals surface area contributed by atoms with Gasteiger partial charge in [0.25, 0.3) is 0 Å². The summed E-state index contributed by atoms with van der Waals surface area (Å²) in [6, 6.07) is 0. The van der Waals surface area contributed by atoms with E-state index in [0.29, 0.717) is 0 Å². The average molecular weight is 234 g/mol. The zero-order valence-corrected chi connectivity index (χ0v) is 11.9. The van der Waals surface area contributed by atoms with Gasteiger partial charge in [-0.3, -0.25) is 0 Å². The summed E-state index contributed by atoms with van der Waals surface area (Å²) in [5, 5.41) is 9.96. The van der Waals surface area contributed by atoms with Crippen LogP contribution in [0.25, 0.3) is 0 Å². The third-order valence-electron chi connectivity index (χ3n) is 2.39. The van der Waals surface area contributed by atoms with E-state index in [2.05, 4.69) is 20.8 Å². The van der Waals surface area contributed by atoms with E-state index in [1.807, 2.05) is 27.7 Å². The predicted molar refractivity (Wildman–Crippen MR) is 68.3 cm³/mol. The highest BCUT2D eigenvalue weighted by Gasteiger charge is 2.35. The molecule has 0 amide bonds. The summed E-state index contributed by atoms with van der Waals surface area (Å²) in [7, 11) is 0. The van der Waals surface area contributed by atoms with Crippen LogP contribution < -0.4 is 0 Å². The Bertz CT molecular complexity index is 188. The Kier molecular flexibility index (Phi) is 5.65. The van der Waals surface area contributed by atoms with Crippen molar-refractivity contribution in [2.75, 3.05) is 0 Å². The molecule has 1 atom stereocenters. The zero-order chi connectivity index (χ0) is 12.3. The molecule has 0 saturated heterocycles. The molecule has 0 aromatic carbocycles. The van der Waals surface area contributed by atoms with E-state index in [-0.39, 0.29) is 15.6 Å². The maximum atomic E-state index is 9.96. The summed E-state index contributed by atoms with van der Waals surface area (Å²) >= 11 is 1.78. The van der Waals surface area contributed by atoms with Gasteiger partial charge in [0.15, 0.2) is 6.29 Å². The minimum Gasteiger partial charge on any atom is -0.367 e. The number of aliphatic hydroxyl groups excluding tert-OH is 1. The second-order valence-electron chi connectivity index (χ2n) is 5.36. The molecular formula is C12H26O2S. The number of hydrogen-bond acceptors (Lipinski definition) is 3. The molecule has 0 saturated carbocycles. The monoisotopic (exact) mass is 234 g/mol. The van der Waals surface area contributed by atoms with Gasteiger partial charge in [-0.15, -0.1) is 11.8 Å². The average Bonchev–Trinajstić information content (AvgIpc) is 2.01. The van der Waals surface area contributed by atoms with E-state index < -0.39 is 6.29 Å². The Morgan fingerprint density at radius 1 is 1.20 bits per heavy atom. The Labute approximate surface area is 98.8 Å². The smallest absolute Gasteiger partial charge is 0.169 e. The van der Waals surface area contributed by atoms with Gasteiger partial charge in [-0.05, 0) is 34.1 Å². The van der Waals surface area contributed by atoms with Gasteiger partial charge in [-0.2, -0.15) is 0 Å². The van der Waals surface area contributed by atoms with Crippen LogP contribution in [0.1, 0.15) is 54.9 Å². The van der Waals surface area contributed by atoms with Crippen molar-refractivity contribution in [2.24, 2.45) is 0 Å². The molecule has 0 fully saturated rings. The Morgan fingerprint density at radius 2 is 1.67 bits per heavy atom.